The van der Waals surface area contributed by atoms with E-state index in [2.05, 4.69) is 9.97 Å². The van der Waals surface area contributed by atoms with Crippen LogP contribution in [0.1, 0.15) is 0 Å². The monoisotopic (exact) mass is 282 g/mol. The van der Waals surface area contributed by atoms with Crippen LogP contribution < -0.4 is 10.5 Å². The van der Waals surface area contributed by atoms with E-state index in [-0.39, 0.29) is 17.4 Å². The lowest BCUT2D eigenvalue weighted by molar-refractivity contribution is -0.384. The zero-order valence-corrected chi connectivity index (χ0v) is 10.8. The summed E-state index contributed by atoms with van der Waals surface area (Å²) in [6.07, 6.45) is 1.56. The fourth-order valence-corrected chi connectivity index (χ4v) is 1.89. The van der Waals surface area contributed by atoms with Gasteiger partial charge in [0, 0.05) is 17.5 Å². The van der Waals surface area contributed by atoms with Crippen LogP contribution in [0.5, 0.6) is 11.6 Å². The van der Waals surface area contributed by atoms with Crippen LogP contribution in [-0.4, -0.2) is 14.9 Å². The molecule has 21 heavy (non-hydrogen) atoms. The summed E-state index contributed by atoms with van der Waals surface area (Å²) in [7, 11) is 0. The first-order chi connectivity index (χ1) is 10.1. The Balaban J connectivity index is 1.91. The number of pyridine rings is 2. The van der Waals surface area contributed by atoms with Gasteiger partial charge in [-0.05, 0) is 12.1 Å². The Kier molecular flexibility index (Phi) is 3.07. The summed E-state index contributed by atoms with van der Waals surface area (Å²) in [6.45, 7) is 0. The van der Waals surface area contributed by atoms with Crippen molar-refractivity contribution in [3.63, 3.8) is 0 Å². The van der Waals surface area contributed by atoms with E-state index >= 15 is 0 Å². The molecule has 0 fully saturated rings. The highest BCUT2D eigenvalue weighted by atomic mass is 16.6. The van der Waals surface area contributed by atoms with Crippen LogP contribution in [0.3, 0.4) is 0 Å². The lowest BCUT2D eigenvalue weighted by atomic mass is 10.2. The highest BCUT2D eigenvalue weighted by molar-refractivity contribution is 5.79. The molecule has 7 nitrogen and oxygen atoms in total. The largest absolute Gasteiger partial charge is 0.437 e. The van der Waals surface area contributed by atoms with E-state index in [9.17, 15) is 10.1 Å². The minimum atomic E-state index is -0.594. The van der Waals surface area contributed by atoms with Gasteiger partial charge in [0.2, 0.25) is 11.7 Å². The second-order valence-electron chi connectivity index (χ2n) is 4.28. The van der Waals surface area contributed by atoms with Gasteiger partial charge < -0.3 is 10.5 Å². The number of anilines is 1. The van der Waals surface area contributed by atoms with E-state index in [0.29, 0.717) is 5.75 Å². The Hall–Kier alpha value is -3.22. The number of ether oxygens (including phenoxy) is 1. The SMILES string of the molecule is Nc1nc(Oc2cnc3ccccc3c2)ccc1[N+](=O)[O-]. The number of fused-ring (bicyclic) bond motifs is 1. The number of nitrogen functional groups attached to an aromatic ring is 1. The third-order valence-electron chi connectivity index (χ3n) is 2.86. The molecule has 0 aliphatic carbocycles. The maximum absolute atomic E-state index is 10.7. The van der Waals surface area contributed by atoms with Crippen LogP contribution in [0.25, 0.3) is 10.9 Å². The smallest absolute Gasteiger partial charge is 0.311 e. The van der Waals surface area contributed by atoms with Crippen LogP contribution in [0.4, 0.5) is 11.5 Å². The minimum Gasteiger partial charge on any atom is -0.437 e. The van der Waals surface area contributed by atoms with E-state index < -0.39 is 4.92 Å². The number of rotatable bonds is 3. The van der Waals surface area contributed by atoms with Gasteiger partial charge in [-0.2, -0.15) is 4.98 Å². The number of hydrogen-bond donors (Lipinski definition) is 1. The summed E-state index contributed by atoms with van der Waals surface area (Å²) in [6, 6.07) is 12.1. The molecule has 104 valence electrons. The van der Waals surface area contributed by atoms with Gasteiger partial charge in [0.1, 0.15) is 5.75 Å². The fraction of sp³-hybridized carbons (Fsp3) is 0. The standard InChI is InChI=1S/C14H10N4O3/c15-14-12(18(19)20)5-6-13(17-14)21-10-7-9-3-1-2-4-11(9)16-8-10/h1-8H,(H2,15,17). The van der Waals surface area contributed by atoms with Crippen molar-refractivity contribution < 1.29 is 9.66 Å². The summed E-state index contributed by atoms with van der Waals surface area (Å²) in [5.41, 5.74) is 6.12. The molecule has 0 bridgehead atoms. The van der Waals surface area contributed by atoms with Crippen molar-refractivity contribution in [2.24, 2.45) is 0 Å². The topological polar surface area (TPSA) is 104 Å². The average Bonchev–Trinajstić information content (AvgIpc) is 2.47. The van der Waals surface area contributed by atoms with Gasteiger partial charge in [-0.3, -0.25) is 15.1 Å². The normalized spacial score (nSPS) is 10.5. The molecule has 0 unspecified atom stereocenters. The van der Waals surface area contributed by atoms with Crippen molar-refractivity contribution >= 4 is 22.4 Å². The molecule has 3 aromatic rings. The summed E-state index contributed by atoms with van der Waals surface area (Å²) >= 11 is 0. The number of benzene rings is 1. The lowest BCUT2D eigenvalue weighted by Gasteiger charge is -2.06. The van der Waals surface area contributed by atoms with Crippen molar-refractivity contribution in [1.82, 2.24) is 9.97 Å². The van der Waals surface area contributed by atoms with E-state index in [4.69, 9.17) is 10.5 Å². The average molecular weight is 282 g/mol. The lowest BCUT2D eigenvalue weighted by Crippen LogP contribution is -1.99. The molecule has 7 heteroatoms. The molecule has 0 aliphatic rings. The number of nitro groups is 1. The third-order valence-corrected chi connectivity index (χ3v) is 2.86. The Morgan fingerprint density at radius 1 is 1.19 bits per heavy atom. The van der Waals surface area contributed by atoms with E-state index in [1.54, 1.807) is 6.20 Å². The molecule has 0 saturated heterocycles. The molecule has 0 saturated carbocycles. The Morgan fingerprint density at radius 3 is 2.76 bits per heavy atom. The Bertz CT molecular complexity index is 835. The maximum atomic E-state index is 10.7. The molecule has 1 aromatic carbocycles. The van der Waals surface area contributed by atoms with E-state index in [1.807, 2.05) is 30.3 Å². The molecule has 0 radical (unpaired) electrons. The van der Waals surface area contributed by atoms with Crippen LogP contribution in [0.15, 0.2) is 48.7 Å². The minimum absolute atomic E-state index is 0.176. The quantitative estimate of drug-likeness (QED) is 0.585. The molecule has 3 rings (SSSR count). The third kappa shape index (κ3) is 2.57. The van der Waals surface area contributed by atoms with Gasteiger partial charge in [-0.15, -0.1) is 0 Å². The van der Waals surface area contributed by atoms with E-state index in [0.717, 1.165) is 10.9 Å². The van der Waals surface area contributed by atoms with Crippen LogP contribution in [0.2, 0.25) is 0 Å². The number of nitrogens with zero attached hydrogens (tertiary/aromatic N) is 3. The number of nitrogens with two attached hydrogens (primary N) is 1. The highest BCUT2D eigenvalue weighted by Gasteiger charge is 2.13. The molecule has 2 N–H and O–H groups in total. The summed E-state index contributed by atoms with van der Waals surface area (Å²) < 4.78 is 5.53. The van der Waals surface area contributed by atoms with E-state index in [1.165, 1.54) is 12.1 Å². The first kappa shape index (κ1) is 12.8. The molecule has 0 aliphatic heterocycles. The maximum Gasteiger partial charge on any atom is 0.311 e. The molecule has 0 spiro atoms. The molecular formula is C14H10N4O3. The molecule has 0 amide bonds. The van der Waals surface area contributed by atoms with Crippen LogP contribution >= 0.6 is 0 Å². The number of para-hydroxylation sites is 1. The summed E-state index contributed by atoms with van der Waals surface area (Å²) in [4.78, 5) is 18.2. The van der Waals surface area contributed by atoms with Crippen LogP contribution in [0, 0.1) is 10.1 Å². The Morgan fingerprint density at radius 2 is 2.00 bits per heavy atom. The zero-order chi connectivity index (χ0) is 14.8. The number of hydrogen-bond acceptors (Lipinski definition) is 6. The van der Waals surface area contributed by atoms with Crippen LogP contribution in [-0.2, 0) is 0 Å². The second kappa shape index (κ2) is 5.04. The molecule has 2 aromatic heterocycles. The molecule has 2 heterocycles. The first-order valence-corrected chi connectivity index (χ1v) is 6.07. The van der Waals surface area contributed by atoms with Gasteiger partial charge in [-0.25, -0.2) is 0 Å². The number of aromatic nitrogens is 2. The van der Waals surface area contributed by atoms with Crippen molar-refractivity contribution in [2.75, 3.05) is 5.73 Å². The second-order valence-corrected chi connectivity index (χ2v) is 4.28. The predicted molar refractivity (Wildman–Crippen MR) is 77.1 cm³/mol. The fourth-order valence-electron chi connectivity index (χ4n) is 1.89. The highest BCUT2D eigenvalue weighted by Crippen LogP contribution is 2.26. The van der Waals surface area contributed by atoms with Crippen molar-refractivity contribution in [3.05, 3.63) is 58.8 Å². The summed E-state index contributed by atoms with van der Waals surface area (Å²) in [5, 5.41) is 11.6. The van der Waals surface area contributed by atoms with Crippen molar-refractivity contribution in [1.29, 1.82) is 0 Å². The van der Waals surface area contributed by atoms with Crippen molar-refractivity contribution in [2.45, 2.75) is 0 Å². The van der Waals surface area contributed by atoms with Gasteiger partial charge in [0.15, 0.2) is 0 Å². The van der Waals surface area contributed by atoms with Gasteiger partial charge in [0.05, 0.1) is 16.6 Å². The zero-order valence-electron chi connectivity index (χ0n) is 10.8. The van der Waals surface area contributed by atoms with Gasteiger partial charge in [0.25, 0.3) is 0 Å². The van der Waals surface area contributed by atoms with Crippen molar-refractivity contribution in [3.8, 4) is 11.6 Å². The molecule has 0 atom stereocenters. The van der Waals surface area contributed by atoms with Gasteiger partial charge in [-0.1, -0.05) is 18.2 Å². The first-order valence-electron chi connectivity index (χ1n) is 6.07. The van der Waals surface area contributed by atoms with Gasteiger partial charge >= 0.3 is 5.69 Å². The molecular weight excluding hydrogens is 272 g/mol. The summed E-state index contributed by atoms with van der Waals surface area (Å²) in [5.74, 6) is 0.468. The Labute approximate surface area is 119 Å². The predicted octanol–water partition coefficient (Wildman–Crippen LogP) is 2.91.